The maximum absolute atomic E-state index is 12.6. The third-order valence-electron chi connectivity index (χ3n) is 5.02. The molecule has 1 atom stereocenters. The van der Waals surface area contributed by atoms with Crippen LogP contribution in [0.4, 0.5) is 4.79 Å². The van der Waals surface area contributed by atoms with Crippen LogP contribution in [0, 0.1) is 13.8 Å². The van der Waals surface area contributed by atoms with Gasteiger partial charge in [0.05, 0.1) is 18.2 Å². The van der Waals surface area contributed by atoms with E-state index in [9.17, 15) is 9.59 Å². The number of nitrogens with one attached hydrogen (secondary N) is 2. The summed E-state index contributed by atoms with van der Waals surface area (Å²) in [4.78, 5) is 24.7. The summed E-state index contributed by atoms with van der Waals surface area (Å²) >= 11 is 0. The summed E-state index contributed by atoms with van der Waals surface area (Å²) in [5, 5.41) is 5.48. The van der Waals surface area contributed by atoms with E-state index in [1.165, 1.54) is 11.1 Å². The van der Waals surface area contributed by atoms with Gasteiger partial charge in [0.15, 0.2) is 0 Å². The van der Waals surface area contributed by atoms with Crippen molar-refractivity contribution in [3.8, 4) is 5.75 Å². The molecule has 0 saturated heterocycles. The van der Waals surface area contributed by atoms with Gasteiger partial charge in [-0.3, -0.25) is 0 Å². The van der Waals surface area contributed by atoms with Crippen LogP contribution in [0.25, 0.3) is 0 Å². The van der Waals surface area contributed by atoms with Crippen LogP contribution in [0.3, 0.4) is 0 Å². The molecule has 2 aromatic carbocycles. The Bertz CT molecular complexity index is 981. The molecule has 6 heteroatoms. The van der Waals surface area contributed by atoms with Gasteiger partial charge in [0.1, 0.15) is 12.4 Å². The molecule has 30 heavy (non-hydrogen) atoms. The van der Waals surface area contributed by atoms with Crippen LogP contribution in [-0.2, 0) is 16.1 Å². The molecule has 0 fully saturated rings. The summed E-state index contributed by atoms with van der Waals surface area (Å²) < 4.78 is 11.3. The Balaban J connectivity index is 1.83. The van der Waals surface area contributed by atoms with Gasteiger partial charge in [-0.15, -0.1) is 0 Å². The second kappa shape index (κ2) is 9.48. The minimum atomic E-state index is -0.604. The lowest BCUT2D eigenvalue weighted by atomic mass is 9.95. The number of amides is 2. The number of urea groups is 1. The van der Waals surface area contributed by atoms with Crippen LogP contribution in [0.5, 0.6) is 5.75 Å². The maximum Gasteiger partial charge on any atom is 0.338 e. The number of aryl methyl sites for hydroxylation is 2. The van der Waals surface area contributed by atoms with Crippen molar-refractivity contribution in [2.45, 2.75) is 46.8 Å². The Morgan fingerprint density at radius 2 is 1.90 bits per heavy atom. The summed E-state index contributed by atoms with van der Waals surface area (Å²) in [5.74, 6) is 0.230. The Morgan fingerprint density at radius 1 is 1.10 bits per heavy atom. The largest absolute Gasteiger partial charge is 0.489 e. The average molecular weight is 408 g/mol. The summed E-state index contributed by atoms with van der Waals surface area (Å²) in [5.41, 5.74) is 5.12. The van der Waals surface area contributed by atoms with Crippen molar-refractivity contribution < 1.29 is 19.1 Å². The third-order valence-corrected chi connectivity index (χ3v) is 5.02. The molecule has 0 saturated carbocycles. The highest BCUT2D eigenvalue weighted by Crippen LogP contribution is 2.30. The van der Waals surface area contributed by atoms with Gasteiger partial charge in [0.25, 0.3) is 0 Å². The average Bonchev–Trinajstić information content (AvgIpc) is 2.72. The molecule has 0 aromatic heterocycles. The molecular formula is C24H28N2O4. The van der Waals surface area contributed by atoms with Gasteiger partial charge in [-0.05, 0) is 56.0 Å². The standard InChI is InChI=1S/C24H28N2O4/c1-5-11-29-23(27)21-17(4)25-24(28)26-22(21)18-7-6-8-20(13-18)30-14-19-12-15(2)9-10-16(19)3/h6-10,12-13,22H,5,11,14H2,1-4H3,(H2,25,26,28). The smallest absolute Gasteiger partial charge is 0.338 e. The predicted molar refractivity (Wildman–Crippen MR) is 115 cm³/mol. The van der Waals surface area contributed by atoms with Gasteiger partial charge in [0.2, 0.25) is 0 Å². The van der Waals surface area contributed by atoms with Crippen molar-refractivity contribution in [3.63, 3.8) is 0 Å². The van der Waals surface area contributed by atoms with Crippen molar-refractivity contribution in [2.24, 2.45) is 0 Å². The first-order chi connectivity index (χ1) is 14.4. The van der Waals surface area contributed by atoms with Gasteiger partial charge in [-0.25, -0.2) is 9.59 Å². The summed E-state index contributed by atoms with van der Waals surface area (Å²) in [6.07, 6.45) is 0.726. The first kappa shape index (κ1) is 21.4. The van der Waals surface area contributed by atoms with Crippen molar-refractivity contribution in [1.82, 2.24) is 10.6 Å². The zero-order chi connectivity index (χ0) is 21.7. The van der Waals surface area contributed by atoms with Crippen LogP contribution in [0.15, 0.2) is 53.7 Å². The van der Waals surface area contributed by atoms with Crippen LogP contribution >= 0.6 is 0 Å². The highest BCUT2D eigenvalue weighted by molar-refractivity contribution is 5.95. The Morgan fingerprint density at radius 3 is 2.67 bits per heavy atom. The zero-order valence-corrected chi connectivity index (χ0v) is 17.9. The number of carbonyl (C=O) groups is 2. The van der Waals surface area contributed by atoms with E-state index in [4.69, 9.17) is 9.47 Å². The Hall–Kier alpha value is -3.28. The number of esters is 1. The van der Waals surface area contributed by atoms with E-state index in [1.54, 1.807) is 6.92 Å². The van der Waals surface area contributed by atoms with E-state index in [2.05, 4.69) is 42.7 Å². The van der Waals surface area contributed by atoms with Gasteiger partial charge >= 0.3 is 12.0 Å². The molecule has 158 valence electrons. The predicted octanol–water partition coefficient (Wildman–Crippen LogP) is 4.46. The van der Waals surface area contributed by atoms with E-state index in [1.807, 2.05) is 31.2 Å². The van der Waals surface area contributed by atoms with Crippen molar-refractivity contribution >= 4 is 12.0 Å². The molecule has 0 bridgehead atoms. The monoisotopic (exact) mass is 408 g/mol. The SMILES string of the molecule is CCCOC(=O)C1=C(C)NC(=O)NC1c1cccc(OCc2cc(C)ccc2C)c1. The number of carbonyl (C=O) groups excluding carboxylic acids is 2. The van der Waals surface area contributed by atoms with Crippen LogP contribution in [0.1, 0.15) is 48.6 Å². The molecule has 3 rings (SSSR count). The van der Waals surface area contributed by atoms with E-state index in [0.717, 1.165) is 17.5 Å². The molecule has 0 aliphatic carbocycles. The molecule has 2 amide bonds. The minimum absolute atomic E-state index is 0.329. The minimum Gasteiger partial charge on any atom is -0.489 e. The first-order valence-corrected chi connectivity index (χ1v) is 10.1. The molecule has 1 aliphatic rings. The second-order valence-corrected chi connectivity index (χ2v) is 7.50. The van der Waals surface area contributed by atoms with Gasteiger partial charge in [-0.2, -0.15) is 0 Å². The van der Waals surface area contributed by atoms with Crippen molar-refractivity contribution in [2.75, 3.05) is 6.61 Å². The van der Waals surface area contributed by atoms with Crippen LogP contribution in [0.2, 0.25) is 0 Å². The molecule has 1 aliphatic heterocycles. The summed E-state index contributed by atoms with van der Waals surface area (Å²) in [6, 6.07) is 12.7. The molecule has 2 N–H and O–H groups in total. The van der Waals surface area contributed by atoms with Gasteiger partial charge in [0, 0.05) is 5.70 Å². The molecule has 6 nitrogen and oxygen atoms in total. The lowest BCUT2D eigenvalue weighted by molar-refractivity contribution is -0.139. The Labute approximate surface area is 177 Å². The fourth-order valence-electron chi connectivity index (χ4n) is 3.39. The van der Waals surface area contributed by atoms with E-state index < -0.39 is 12.0 Å². The van der Waals surface area contributed by atoms with Crippen LogP contribution in [-0.4, -0.2) is 18.6 Å². The summed E-state index contributed by atoms with van der Waals surface area (Å²) in [7, 11) is 0. The molecule has 1 unspecified atom stereocenters. The summed E-state index contributed by atoms with van der Waals surface area (Å²) in [6.45, 7) is 8.52. The molecule has 0 radical (unpaired) electrons. The van der Waals surface area contributed by atoms with Gasteiger partial charge < -0.3 is 20.1 Å². The molecule has 2 aromatic rings. The number of allylic oxidation sites excluding steroid dienone is 1. The second-order valence-electron chi connectivity index (χ2n) is 7.50. The highest BCUT2D eigenvalue weighted by atomic mass is 16.5. The fraction of sp³-hybridized carbons (Fsp3) is 0.333. The van der Waals surface area contributed by atoms with Crippen molar-refractivity contribution in [3.05, 3.63) is 76.0 Å². The fourth-order valence-corrected chi connectivity index (χ4v) is 3.39. The third kappa shape index (κ3) is 5.00. The number of rotatable bonds is 7. The lowest BCUT2D eigenvalue weighted by Gasteiger charge is -2.28. The van der Waals surface area contributed by atoms with E-state index in [-0.39, 0.29) is 6.03 Å². The van der Waals surface area contributed by atoms with Gasteiger partial charge in [-0.1, -0.05) is 42.8 Å². The highest BCUT2D eigenvalue weighted by Gasteiger charge is 2.32. The lowest BCUT2D eigenvalue weighted by Crippen LogP contribution is -2.45. The van der Waals surface area contributed by atoms with E-state index >= 15 is 0 Å². The zero-order valence-electron chi connectivity index (χ0n) is 17.9. The normalized spacial score (nSPS) is 16.0. The van der Waals surface area contributed by atoms with Crippen molar-refractivity contribution in [1.29, 1.82) is 0 Å². The first-order valence-electron chi connectivity index (χ1n) is 10.1. The number of hydrogen-bond donors (Lipinski definition) is 2. The molecule has 0 spiro atoms. The maximum atomic E-state index is 12.6. The number of benzene rings is 2. The van der Waals surface area contributed by atoms with E-state index in [0.29, 0.717) is 30.2 Å². The number of hydrogen-bond acceptors (Lipinski definition) is 4. The quantitative estimate of drug-likeness (QED) is 0.663. The van der Waals surface area contributed by atoms with Crippen LogP contribution < -0.4 is 15.4 Å². The Kier molecular flexibility index (Phi) is 6.77. The number of ether oxygens (including phenoxy) is 2. The topological polar surface area (TPSA) is 76.7 Å². The molecule has 1 heterocycles. The molecular weight excluding hydrogens is 380 g/mol.